The molecule has 0 unspecified atom stereocenters. The second kappa shape index (κ2) is 7.82. The summed E-state index contributed by atoms with van der Waals surface area (Å²) in [6.45, 7) is 4.79. The van der Waals surface area contributed by atoms with Gasteiger partial charge in [0.25, 0.3) is 0 Å². The van der Waals surface area contributed by atoms with E-state index in [1.54, 1.807) is 0 Å². The third-order valence-electron chi connectivity index (χ3n) is 9.24. The number of amides is 1. The average molecular weight is 425 g/mol. The highest BCUT2D eigenvalue weighted by Crippen LogP contribution is 2.66. The molecule has 4 fully saturated rings. The largest absolute Gasteiger partial charge is 0.444 e. The molecule has 7 heteroatoms. The Balaban J connectivity index is 1.49. The number of alkyl halides is 1. The highest BCUT2D eigenvalue weighted by molar-refractivity contribution is 6.18. The van der Waals surface area contributed by atoms with E-state index in [1.807, 2.05) is 0 Å². The summed E-state index contributed by atoms with van der Waals surface area (Å²) < 4.78 is 5.80. The molecule has 162 valence electrons. The van der Waals surface area contributed by atoms with Crippen molar-refractivity contribution in [2.75, 3.05) is 12.4 Å². The van der Waals surface area contributed by atoms with E-state index in [2.05, 4.69) is 19.1 Å². The van der Waals surface area contributed by atoms with E-state index in [-0.39, 0.29) is 29.4 Å². The lowest BCUT2D eigenvalue weighted by atomic mass is 9.45. The lowest BCUT2D eigenvalue weighted by molar-refractivity contribution is -0.142. The number of nitrogens with zero attached hydrogens (tertiary/aromatic N) is 2. The summed E-state index contributed by atoms with van der Waals surface area (Å²) >= 11 is 5.66. The van der Waals surface area contributed by atoms with Gasteiger partial charge in [0.1, 0.15) is 11.9 Å². The van der Waals surface area contributed by atoms with Gasteiger partial charge in [0.05, 0.1) is 11.8 Å². The summed E-state index contributed by atoms with van der Waals surface area (Å²) in [6.07, 6.45) is 8.16. The number of Topliss-reactive ketones (excluding diaryl/α,β-unsaturated/α-hetero) is 1. The van der Waals surface area contributed by atoms with Gasteiger partial charge >= 0.3 is 6.09 Å². The van der Waals surface area contributed by atoms with Gasteiger partial charge in [0.15, 0.2) is 0 Å². The highest BCUT2D eigenvalue weighted by atomic mass is 35.5. The minimum absolute atomic E-state index is 0.0416. The quantitative estimate of drug-likeness (QED) is 0.347. The van der Waals surface area contributed by atoms with Gasteiger partial charge < -0.3 is 4.74 Å². The number of rotatable bonds is 4. The fraction of sp³-hybridized carbons (Fsp3) is 0.909. The number of carbonyl (C=O) groups is 2. The Kier molecular flexibility index (Phi) is 5.69. The molecule has 1 amide bonds. The Morgan fingerprint density at radius 2 is 1.90 bits per heavy atom. The average Bonchev–Trinajstić information content (AvgIpc) is 3.03. The SMILES string of the molecule is C[C@]12CCC(=O)C[C@H]1CC[C@@H]1[C@@H]2CC[C@]2(C)[C@H](OC(=O)N(CCCl)N=O)CC[C@@H]12. The molecule has 6 nitrogen and oxygen atoms in total. The Hall–Kier alpha value is -1.17. The van der Waals surface area contributed by atoms with Crippen molar-refractivity contribution in [3.05, 3.63) is 4.91 Å². The zero-order chi connectivity index (χ0) is 20.8. The number of fused-ring (bicyclic) bond motifs is 5. The van der Waals surface area contributed by atoms with Crippen molar-refractivity contribution < 1.29 is 14.3 Å². The Bertz CT molecular complexity index is 688. The van der Waals surface area contributed by atoms with Gasteiger partial charge in [0, 0.05) is 24.1 Å². The van der Waals surface area contributed by atoms with E-state index < -0.39 is 6.09 Å². The standard InChI is InChI=1S/C22H33ClN2O4/c1-21-9-7-15(26)13-14(21)3-4-16-17-5-6-19(22(17,2)10-8-18(16)21)29-20(27)25(24-28)12-11-23/h14,16-19H,3-13H2,1-2H3/t14-,16+,17+,18+,19-,21+,22+/m1/s1. The van der Waals surface area contributed by atoms with Gasteiger partial charge in [-0.3, -0.25) is 4.79 Å². The minimum Gasteiger partial charge on any atom is -0.444 e. The molecule has 0 aromatic rings. The molecule has 0 aromatic heterocycles. The van der Waals surface area contributed by atoms with Gasteiger partial charge in [-0.2, -0.15) is 5.01 Å². The predicted octanol–water partition coefficient (Wildman–Crippen LogP) is 5.33. The lowest BCUT2D eigenvalue weighted by Crippen LogP contribution is -2.54. The first-order chi connectivity index (χ1) is 13.8. The van der Waals surface area contributed by atoms with Gasteiger partial charge in [-0.25, -0.2) is 4.79 Å². The lowest BCUT2D eigenvalue weighted by Gasteiger charge is -2.60. The Labute approximate surface area is 178 Å². The van der Waals surface area contributed by atoms with Crippen molar-refractivity contribution in [3.63, 3.8) is 0 Å². The van der Waals surface area contributed by atoms with Crippen LogP contribution < -0.4 is 0 Å². The number of ketones is 1. The summed E-state index contributed by atoms with van der Waals surface area (Å²) in [4.78, 5) is 35.4. The molecule has 0 aromatic carbocycles. The van der Waals surface area contributed by atoms with Crippen LogP contribution in [0.2, 0.25) is 0 Å². The predicted molar refractivity (Wildman–Crippen MR) is 110 cm³/mol. The topological polar surface area (TPSA) is 76.0 Å². The van der Waals surface area contributed by atoms with Crippen molar-refractivity contribution >= 4 is 23.5 Å². The van der Waals surface area contributed by atoms with Crippen LogP contribution >= 0.6 is 11.6 Å². The monoisotopic (exact) mass is 424 g/mol. The molecule has 29 heavy (non-hydrogen) atoms. The Morgan fingerprint density at radius 3 is 2.62 bits per heavy atom. The molecular formula is C22H33ClN2O4. The summed E-state index contributed by atoms with van der Waals surface area (Å²) in [5, 5.41) is 3.56. The summed E-state index contributed by atoms with van der Waals surface area (Å²) in [7, 11) is 0. The van der Waals surface area contributed by atoms with Crippen LogP contribution in [-0.4, -0.2) is 35.4 Å². The van der Waals surface area contributed by atoms with E-state index in [9.17, 15) is 14.5 Å². The van der Waals surface area contributed by atoms with Crippen LogP contribution in [0.1, 0.15) is 71.6 Å². The molecule has 7 atom stereocenters. The summed E-state index contributed by atoms with van der Waals surface area (Å²) in [5.74, 6) is 3.01. The van der Waals surface area contributed by atoms with Crippen molar-refractivity contribution in [3.8, 4) is 0 Å². The van der Waals surface area contributed by atoms with Gasteiger partial charge in [0.2, 0.25) is 0 Å². The summed E-state index contributed by atoms with van der Waals surface area (Å²) in [5.41, 5.74) is 0.242. The molecule has 0 bridgehead atoms. The molecule has 4 rings (SSSR count). The minimum atomic E-state index is -0.670. The number of carbonyl (C=O) groups excluding carboxylic acids is 2. The first kappa shape index (κ1) is 21.1. The van der Waals surface area contributed by atoms with Gasteiger partial charge in [-0.05, 0) is 74.0 Å². The molecule has 0 aliphatic heterocycles. The third-order valence-corrected chi connectivity index (χ3v) is 9.41. The van der Waals surface area contributed by atoms with E-state index in [0.29, 0.717) is 29.5 Å². The molecule has 4 aliphatic rings. The fourth-order valence-corrected chi connectivity index (χ4v) is 7.78. The maximum atomic E-state index is 12.4. The van der Waals surface area contributed by atoms with E-state index >= 15 is 0 Å². The van der Waals surface area contributed by atoms with Crippen LogP contribution in [0.5, 0.6) is 0 Å². The molecule has 4 aliphatic carbocycles. The van der Waals surface area contributed by atoms with E-state index in [1.165, 1.54) is 6.42 Å². The number of nitroso groups, excluding NO2 is 1. The molecule has 0 radical (unpaired) electrons. The van der Waals surface area contributed by atoms with Crippen molar-refractivity contribution in [2.24, 2.45) is 39.8 Å². The first-order valence-electron chi connectivity index (χ1n) is 11.2. The van der Waals surface area contributed by atoms with E-state index in [4.69, 9.17) is 16.3 Å². The van der Waals surface area contributed by atoms with Gasteiger partial charge in [-0.15, -0.1) is 16.5 Å². The normalized spacial score (nSPS) is 43.7. The van der Waals surface area contributed by atoms with Crippen LogP contribution in [0.25, 0.3) is 0 Å². The second-order valence-corrected chi connectivity index (χ2v) is 10.7. The second-order valence-electron chi connectivity index (χ2n) is 10.3. The van der Waals surface area contributed by atoms with Crippen LogP contribution in [0.3, 0.4) is 0 Å². The maximum absolute atomic E-state index is 12.4. The van der Waals surface area contributed by atoms with Gasteiger partial charge in [-0.1, -0.05) is 13.8 Å². The third kappa shape index (κ3) is 3.39. The number of hydrogen-bond donors (Lipinski definition) is 0. The first-order valence-corrected chi connectivity index (χ1v) is 11.8. The fourth-order valence-electron chi connectivity index (χ4n) is 7.62. The molecule has 4 saturated carbocycles. The zero-order valence-corrected chi connectivity index (χ0v) is 18.3. The van der Waals surface area contributed by atoms with E-state index in [0.717, 1.165) is 56.4 Å². The number of hydrogen-bond acceptors (Lipinski definition) is 5. The van der Waals surface area contributed by atoms with Crippen LogP contribution in [0.15, 0.2) is 5.29 Å². The van der Waals surface area contributed by atoms with Crippen molar-refractivity contribution in [2.45, 2.75) is 77.7 Å². The molecule has 0 spiro atoms. The number of halogens is 1. The van der Waals surface area contributed by atoms with Crippen molar-refractivity contribution in [1.82, 2.24) is 5.01 Å². The summed E-state index contributed by atoms with van der Waals surface area (Å²) in [6, 6.07) is 0. The molecule has 0 saturated heterocycles. The van der Waals surface area contributed by atoms with Crippen LogP contribution in [0.4, 0.5) is 4.79 Å². The smallest absolute Gasteiger partial charge is 0.433 e. The highest BCUT2D eigenvalue weighted by Gasteiger charge is 2.61. The zero-order valence-electron chi connectivity index (χ0n) is 17.6. The molecule has 0 heterocycles. The van der Waals surface area contributed by atoms with Crippen LogP contribution in [-0.2, 0) is 9.53 Å². The van der Waals surface area contributed by atoms with Crippen molar-refractivity contribution in [1.29, 1.82) is 0 Å². The maximum Gasteiger partial charge on any atom is 0.433 e. The molecular weight excluding hydrogens is 392 g/mol. The Morgan fingerprint density at radius 1 is 1.14 bits per heavy atom. The van der Waals surface area contributed by atoms with Crippen LogP contribution in [0, 0.1) is 39.4 Å². The number of ether oxygens (including phenoxy) is 1. The molecule has 0 N–H and O–H groups in total.